The van der Waals surface area contributed by atoms with Gasteiger partial charge in [-0.1, -0.05) is 0 Å². The van der Waals surface area contributed by atoms with Crippen LogP contribution in [0.2, 0.25) is 0 Å². The molecule has 4 N–H and O–H groups in total. The van der Waals surface area contributed by atoms with Gasteiger partial charge in [-0.15, -0.1) is 0 Å². The maximum atomic E-state index is 10.3. The van der Waals surface area contributed by atoms with Gasteiger partial charge < -0.3 is 20.5 Å². The minimum absolute atomic E-state index is 0.0399. The molecule has 0 atom stereocenters. The first-order valence-corrected chi connectivity index (χ1v) is 10.1. The van der Waals surface area contributed by atoms with Crippen molar-refractivity contribution in [3.63, 3.8) is 0 Å². The van der Waals surface area contributed by atoms with E-state index in [-0.39, 0.29) is 17.7 Å². The molecule has 1 aliphatic rings. The number of ether oxygens (including phenoxy) is 1. The third-order valence-corrected chi connectivity index (χ3v) is 5.39. The number of rotatable bonds is 6. The molecule has 1 fully saturated rings. The average molecular weight is 398 g/mol. The zero-order valence-electron chi connectivity index (χ0n) is 17.6. The number of nitrogens with two attached hydrogens (primary N) is 1. The van der Waals surface area contributed by atoms with Crippen molar-refractivity contribution in [1.82, 2.24) is 9.97 Å². The van der Waals surface area contributed by atoms with Crippen LogP contribution in [0.3, 0.4) is 0 Å². The van der Waals surface area contributed by atoms with Crippen LogP contribution in [0.5, 0.6) is 5.75 Å². The largest absolute Gasteiger partial charge is 0.491 e. The van der Waals surface area contributed by atoms with Crippen molar-refractivity contribution in [2.75, 3.05) is 23.7 Å². The summed E-state index contributed by atoms with van der Waals surface area (Å²) in [4.78, 5) is 10.9. The van der Waals surface area contributed by atoms with E-state index in [4.69, 9.17) is 15.9 Å². The summed E-state index contributed by atoms with van der Waals surface area (Å²) < 4.78 is 5.74. The summed E-state index contributed by atoms with van der Waals surface area (Å²) in [7, 11) is 0. The molecule has 3 rings (SSSR count). The van der Waals surface area contributed by atoms with Crippen LogP contribution >= 0.6 is 0 Å². The maximum Gasteiger partial charge on any atom is 0.132 e. The molecule has 156 valence electrons. The fourth-order valence-corrected chi connectivity index (χ4v) is 3.71. The van der Waals surface area contributed by atoms with E-state index in [9.17, 15) is 5.11 Å². The zero-order chi connectivity index (χ0) is 21.2. The Morgan fingerprint density at radius 2 is 1.93 bits per heavy atom. The summed E-state index contributed by atoms with van der Waals surface area (Å²) in [5.41, 5.74) is 7.33. The smallest absolute Gasteiger partial charge is 0.132 e. The second kappa shape index (κ2) is 8.37. The maximum absolute atomic E-state index is 10.3. The predicted octanol–water partition coefficient (Wildman–Crippen LogP) is 3.25. The SMILES string of the molecule is CC(C)Oc1ccc(N)c(C(=N)c2cc(N3CCC(C(C)(C)O)CC3)ncn2)c1. The zero-order valence-corrected chi connectivity index (χ0v) is 17.6. The van der Waals surface area contributed by atoms with E-state index in [1.54, 1.807) is 12.1 Å². The van der Waals surface area contributed by atoms with Gasteiger partial charge in [-0.25, -0.2) is 9.97 Å². The lowest BCUT2D eigenvalue weighted by Crippen LogP contribution is -2.42. The van der Waals surface area contributed by atoms with Crippen molar-refractivity contribution < 1.29 is 9.84 Å². The Morgan fingerprint density at radius 3 is 2.55 bits per heavy atom. The third-order valence-electron chi connectivity index (χ3n) is 5.39. The average Bonchev–Trinajstić information content (AvgIpc) is 2.68. The summed E-state index contributed by atoms with van der Waals surface area (Å²) in [6.45, 7) is 9.30. The monoisotopic (exact) mass is 397 g/mol. The number of nitrogens with zero attached hydrogens (tertiary/aromatic N) is 3. The number of anilines is 2. The standard InChI is InChI=1S/C22H31N5O2/c1-14(2)29-16-5-6-18(23)17(11-16)21(24)19-12-20(26-13-25-19)27-9-7-15(8-10-27)22(3,4)28/h5-6,11-15,24,28H,7-10,23H2,1-4H3. The third kappa shape index (κ3) is 5.03. The first kappa shape index (κ1) is 21.0. The number of hydrogen-bond donors (Lipinski definition) is 3. The number of benzene rings is 1. The lowest BCUT2D eigenvalue weighted by atomic mass is 9.83. The number of hydrogen-bond acceptors (Lipinski definition) is 7. The molecule has 0 saturated carbocycles. The highest BCUT2D eigenvalue weighted by Gasteiger charge is 2.31. The molecule has 1 aromatic carbocycles. The summed E-state index contributed by atoms with van der Waals surface area (Å²) in [6.07, 6.45) is 3.34. The first-order chi connectivity index (χ1) is 13.6. The van der Waals surface area contributed by atoms with Crippen LogP contribution in [0.25, 0.3) is 0 Å². The van der Waals surface area contributed by atoms with Gasteiger partial charge in [-0.2, -0.15) is 0 Å². The van der Waals surface area contributed by atoms with E-state index >= 15 is 0 Å². The first-order valence-electron chi connectivity index (χ1n) is 10.1. The summed E-state index contributed by atoms with van der Waals surface area (Å²) in [5, 5.41) is 18.9. The van der Waals surface area contributed by atoms with Gasteiger partial charge in [0.05, 0.1) is 23.1 Å². The van der Waals surface area contributed by atoms with Crippen LogP contribution in [0.4, 0.5) is 11.5 Å². The van der Waals surface area contributed by atoms with E-state index in [1.807, 2.05) is 39.8 Å². The van der Waals surface area contributed by atoms with Crippen LogP contribution in [-0.2, 0) is 0 Å². The molecular formula is C22H31N5O2. The summed E-state index contributed by atoms with van der Waals surface area (Å²) in [6, 6.07) is 7.19. The normalized spacial score (nSPS) is 15.6. The molecule has 1 aromatic heterocycles. The van der Waals surface area contributed by atoms with Gasteiger partial charge >= 0.3 is 0 Å². The topological polar surface area (TPSA) is 108 Å². The Hall–Kier alpha value is -2.67. The highest BCUT2D eigenvalue weighted by atomic mass is 16.5. The lowest BCUT2D eigenvalue weighted by molar-refractivity contribution is 0.00645. The fourth-order valence-electron chi connectivity index (χ4n) is 3.71. The quantitative estimate of drug-likeness (QED) is 0.510. The van der Waals surface area contributed by atoms with E-state index < -0.39 is 5.60 Å². The molecule has 7 nitrogen and oxygen atoms in total. The van der Waals surface area contributed by atoms with Gasteiger partial charge in [-0.05, 0) is 64.7 Å². The van der Waals surface area contributed by atoms with Gasteiger partial charge in [0, 0.05) is 30.4 Å². The van der Waals surface area contributed by atoms with Gasteiger partial charge in [-0.3, -0.25) is 5.41 Å². The van der Waals surface area contributed by atoms with Crippen molar-refractivity contribution >= 4 is 17.2 Å². The molecule has 0 bridgehead atoms. The molecule has 1 aliphatic heterocycles. The fraction of sp³-hybridized carbons (Fsp3) is 0.500. The second-order valence-corrected chi connectivity index (χ2v) is 8.47. The van der Waals surface area contributed by atoms with Crippen molar-refractivity contribution in [3.8, 4) is 5.75 Å². The molecule has 0 aliphatic carbocycles. The van der Waals surface area contributed by atoms with Crippen molar-refractivity contribution in [2.24, 2.45) is 5.92 Å². The molecule has 2 aromatic rings. The van der Waals surface area contributed by atoms with Crippen LogP contribution in [0, 0.1) is 11.3 Å². The summed E-state index contributed by atoms with van der Waals surface area (Å²) >= 11 is 0. The van der Waals surface area contributed by atoms with E-state index in [1.165, 1.54) is 6.33 Å². The Morgan fingerprint density at radius 1 is 1.24 bits per heavy atom. The number of piperidine rings is 1. The molecule has 0 unspecified atom stereocenters. The summed E-state index contributed by atoms with van der Waals surface area (Å²) in [5.74, 6) is 1.75. The second-order valence-electron chi connectivity index (χ2n) is 8.47. The number of aromatic nitrogens is 2. The molecule has 2 heterocycles. The molecular weight excluding hydrogens is 366 g/mol. The van der Waals surface area contributed by atoms with Crippen molar-refractivity contribution in [1.29, 1.82) is 5.41 Å². The Kier molecular flexibility index (Phi) is 6.07. The van der Waals surface area contributed by atoms with Crippen LogP contribution in [0.15, 0.2) is 30.6 Å². The Labute approximate surface area is 172 Å². The van der Waals surface area contributed by atoms with Crippen LogP contribution in [0.1, 0.15) is 51.8 Å². The van der Waals surface area contributed by atoms with E-state index in [0.717, 1.165) is 31.7 Å². The number of nitrogen functional groups attached to an aromatic ring is 1. The van der Waals surface area contributed by atoms with Crippen LogP contribution in [-0.4, -0.2) is 45.6 Å². The highest BCUT2D eigenvalue weighted by Crippen LogP contribution is 2.30. The molecule has 29 heavy (non-hydrogen) atoms. The number of nitrogens with one attached hydrogen (secondary N) is 1. The lowest BCUT2D eigenvalue weighted by Gasteiger charge is -2.38. The van der Waals surface area contributed by atoms with Gasteiger partial charge in [0.25, 0.3) is 0 Å². The Bertz CT molecular complexity index is 868. The number of aliphatic hydroxyl groups is 1. The molecule has 0 radical (unpaired) electrons. The predicted molar refractivity (Wildman–Crippen MR) is 116 cm³/mol. The van der Waals surface area contributed by atoms with E-state index in [2.05, 4.69) is 14.9 Å². The van der Waals surface area contributed by atoms with Gasteiger partial charge in [0.1, 0.15) is 17.9 Å². The minimum Gasteiger partial charge on any atom is -0.491 e. The Balaban J connectivity index is 1.79. The van der Waals surface area contributed by atoms with Crippen LogP contribution < -0.4 is 15.4 Å². The van der Waals surface area contributed by atoms with Crippen molar-refractivity contribution in [3.05, 3.63) is 41.9 Å². The highest BCUT2D eigenvalue weighted by molar-refractivity contribution is 6.13. The van der Waals surface area contributed by atoms with Crippen molar-refractivity contribution in [2.45, 2.75) is 52.2 Å². The molecule has 0 spiro atoms. The minimum atomic E-state index is -0.661. The van der Waals surface area contributed by atoms with Gasteiger partial charge in [0.15, 0.2) is 0 Å². The molecule has 1 saturated heterocycles. The van der Waals surface area contributed by atoms with Gasteiger partial charge in [0.2, 0.25) is 0 Å². The molecule has 7 heteroatoms. The molecule has 0 amide bonds. The van der Waals surface area contributed by atoms with E-state index in [0.29, 0.717) is 22.7 Å².